The number of carbonyl (C=O) groups is 1. The summed E-state index contributed by atoms with van der Waals surface area (Å²) in [6.07, 6.45) is -1.72. The lowest BCUT2D eigenvalue weighted by Crippen LogP contribution is -2.48. The maximum atomic E-state index is 12.6. The molecule has 2 fully saturated rings. The number of amides is 1. The molecule has 0 saturated carbocycles. The number of piperidine rings is 1. The van der Waals surface area contributed by atoms with E-state index < -0.39 is 12.0 Å². The first-order valence-corrected chi connectivity index (χ1v) is 10.3. The number of ether oxygens (including phenoxy) is 2. The molecule has 2 aliphatic rings. The number of likely N-dealkylation sites (tertiary alicyclic amines) is 2. The molecule has 1 N–H and O–H groups in total. The molecule has 1 aromatic rings. The third-order valence-corrected chi connectivity index (χ3v) is 5.22. The molecule has 0 aliphatic carbocycles. The van der Waals surface area contributed by atoms with Crippen LogP contribution >= 0.6 is 0 Å². The quantitative estimate of drug-likeness (QED) is 0.765. The minimum absolute atomic E-state index is 0.0602. The van der Waals surface area contributed by atoms with Gasteiger partial charge in [0.25, 0.3) is 0 Å². The van der Waals surface area contributed by atoms with E-state index in [1.807, 2.05) is 20.8 Å². The summed E-state index contributed by atoms with van der Waals surface area (Å²) >= 11 is 0. The Hall–Kier alpha value is -2.16. The van der Waals surface area contributed by atoms with Gasteiger partial charge < -0.3 is 19.7 Å². The molecule has 0 aromatic heterocycles. The highest BCUT2D eigenvalue weighted by Gasteiger charge is 2.40. The van der Waals surface area contributed by atoms with Crippen LogP contribution in [0.5, 0.6) is 5.75 Å². The minimum Gasteiger partial charge on any atom is -0.444 e. The van der Waals surface area contributed by atoms with Crippen molar-refractivity contribution in [1.29, 1.82) is 0 Å². The molecule has 2 heterocycles. The molecule has 168 valence electrons. The third kappa shape index (κ3) is 6.42. The van der Waals surface area contributed by atoms with E-state index in [-0.39, 0.29) is 23.9 Å². The number of hydrogen-bond donors (Lipinski definition) is 1. The first kappa shape index (κ1) is 22.5. The summed E-state index contributed by atoms with van der Waals surface area (Å²) in [5, 5.41) is 3.32. The second kappa shape index (κ2) is 8.91. The van der Waals surface area contributed by atoms with E-state index in [2.05, 4.69) is 15.0 Å². The van der Waals surface area contributed by atoms with E-state index in [0.29, 0.717) is 18.8 Å². The van der Waals surface area contributed by atoms with Crippen LogP contribution in [0.15, 0.2) is 24.3 Å². The van der Waals surface area contributed by atoms with Crippen molar-refractivity contribution in [3.8, 4) is 5.75 Å². The largest absolute Gasteiger partial charge is 0.573 e. The third-order valence-electron chi connectivity index (χ3n) is 5.22. The van der Waals surface area contributed by atoms with Gasteiger partial charge in [0.05, 0.1) is 6.04 Å². The first-order chi connectivity index (χ1) is 14.0. The zero-order valence-corrected chi connectivity index (χ0v) is 17.7. The van der Waals surface area contributed by atoms with Gasteiger partial charge in [-0.15, -0.1) is 13.2 Å². The van der Waals surface area contributed by atoms with E-state index in [9.17, 15) is 18.0 Å². The SMILES string of the molecule is CC(C)(C)OC(=O)N1CC(N2CCCCC2)[C@@H](Nc2cccc(OC(F)(F)F)c2)C1. The van der Waals surface area contributed by atoms with Crippen LogP contribution < -0.4 is 10.1 Å². The van der Waals surface area contributed by atoms with Gasteiger partial charge in [-0.1, -0.05) is 12.5 Å². The Morgan fingerprint density at radius 1 is 1.10 bits per heavy atom. The maximum absolute atomic E-state index is 12.6. The van der Waals surface area contributed by atoms with Crippen LogP contribution in [-0.2, 0) is 4.74 Å². The van der Waals surface area contributed by atoms with Crippen molar-refractivity contribution in [2.75, 3.05) is 31.5 Å². The van der Waals surface area contributed by atoms with Crippen molar-refractivity contribution in [3.63, 3.8) is 0 Å². The van der Waals surface area contributed by atoms with Crippen molar-refractivity contribution >= 4 is 11.8 Å². The van der Waals surface area contributed by atoms with Crippen LogP contribution in [0.2, 0.25) is 0 Å². The van der Waals surface area contributed by atoms with Crippen molar-refractivity contribution in [2.45, 2.75) is 64.1 Å². The number of nitrogens with one attached hydrogen (secondary N) is 1. The predicted octanol–water partition coefficient (Wildman–Crippen LogP) is 4.47. The maximum Gasteiger partial charge on any atom is 0.573 e. The van der Waals surface area contributed by atoms with Gasteiger partial charge in [0.15, 0.2) is 0 Å². The van der Waals surface area contributed by atoms with Gasteiger partial charge in [-0.25, -0.2) is 4.79 Å². The summed E-state index contributed by atoms with van der Waals surface area (Å²) in [7, 11) is 0. The molecule has 30 heavy (non-hydrogen) atoms. The van der Waals surface area contributed by atoms with Crippen molar-refractivity contribution in [1.82, 2.24) is 9.80 Å². The zero-order valence-electron chi connectivity index (χ0n) is 17.7. The van der Waals surface area contributed by atoms with Gasteiger partial charge in [-0.3, -0.25) is 4.90 Å². The van der Waals surface area contributed by atoms with Crippen LogP contribution in [0.4, 0.5) is 23.7 Å². The molecule has 0 radical (unpaired) electrons. The number of carbonyl (C=O) groups excluding carboxylic acids is 1. The Bertz CT molecular complexity index is 730. The van der Waals surface area contributed by atoms with E-state index >= 15 is 0 Å². The Morgan fingerprint density at radius 3 is 2.43 bits per heavy atom. The summed E-state index contributed by atoms with van der Waals surface area (Å²) in [5.74, 6) is -0.274. The van der Waals surface area contributed by atoms with Gasteiger partial charge >= 0.3 is 12.5 Å². The lowest BCUT2D eigenvalue weighted by Gasteiger charge is -2.35. The Balaban J connectivity index is 1.74. The van der Waals surface area contributed by atoms with E-state index in [1.54, 1.807) is 11.0 Å². The molecule has 1 aromatic carbocycles. The molecule has 0 bridgehead atoms. The van der Waals surface area contributed by atoms with Gasteiger partial charge in [-0.2, -0.15) is 0 Å². The number of nitrogens with zero attached hydrogens (tertiary/aromatic N) is 2. The minimum atomic E-state index is -4.74. The Labute approximate surface area is 175 Å². The molecule has 1 amide bonds. The van der Waals surface area contributed by atoms with Gasteiger partial charge in [-0.05, 0) is 58.8 Å². The summed E-state index contributed by atoms with van der Waals surface area (Å²) in [6.45, 7) is 8.30. The lowest BCUT2D eigenvalue weighted by atomic mass is 10.0. The van der Waals surface area contributed by atoms with E-state index in [1.165, 1.54) is 24.6 Å². The first-order valence-electron chi connectivity index (χ1n) is 10.3. The van der Waals surface area contributed by atoms with Crippen LogP contribution in [0, 0.1) is 0 Å². The fourth-order valence-corrected chi connectivity index (χ4v) is 4.02. The van der Waals surface area contributed by atoms with E-state index in [4.69, 9.17) is 4.74 Å². The smallest absolute Gasteiger partial charge is 0.444 e. The van der Waals surface area contributed by atoms with E-state index in [0.717, 1.165) is 25.9 Å². The highest BCUT2D eigenvalue weighted by molar-refractivity contribution is 5.69. The van der Waals surface area contributed by atoms with Gasteiger partial charge in [0.2, 0.25) is 0 Å². The van der Waals surface area contributed by atoms with Crippen molar-refractivity contribution in [3.05, 3.63) is 24.3 Å². The van der Waals surface area contributed by atoms with Gasteiger partial charge in [0, 0.05) is 30.9 Å². The molecule has 9 heteroatoms. The molecule has 3 rings (SSSR count). The molecule has 2 saturated heterocycles. The highest BCUT2D eigenvalue weighted by Crippen LogP contribution is 2.28. The summed E-state index contributed by atoms with van der Waals surface area (Å²) < 4.78 is 47.2. The lowest BCUT2D eigenvalue weighted by molar-refractivity contribution is -0.274. The molecule has 0 spiro atoms. The average Bonchev–Trinajstić information content (AvgIpc) is 3.04. The Morgan fingerprint density at radius 2 is 1.80 bits per heavy atom. The van der Waals surface area contributed by atoms with Gasteiger partial charge in [0.1, 0.15) is 11.4 Å². The number of rotatable bonds is 4. The van der Waals surface area contributed by atoms with Crippen LogP contribution in [0.1, 0.15) is 40.0 Å². The second-order valence-corrected chi connectivity index (χ2v) is 8.88. The number of alkyl halides is 3. The number of halogens is 3. The van der Waals surface area contributed by atoms with Crippen molar-refractivity contribution in [2.24, 2.45) is 0 Å². The molecule has 1 unspecified atom stereocenters. The summed E-state index contributed by atoms with van der Waals surface area (Å²) in [6, 6.07) is 5.74. The monoisotopic (exact) mass is 429 g/mol. The fraction of sp³-hybridized carbons (Fsp3) is 0.667. The molecular formula is C21H30F3N3O3. The molecule has 2 atom stereocenters. The molecular weight excluding hydrogens is 399 g/mol. The van der Waals surface area contributed by atoms with Crippen LogP contribution in [0.25, 0.3) is 0 Å². The summed E-state index contributed by atoms with van der Waals surface area (Å²) in [5.41, 5.74) is -0.0678. The number of hydrogen-bond acceptors (Lipinski definition) is 5. The Kier molecular flexibility index (Phi) is 6.69. The highest BCUT2D eigenvalue weighted by atomic mass is 19.4. The summed E-state index contributed by atoms with van der Waals surface area (Å²) in [4.78, 5) is 16.7. The predicted molar refractivity (Wildman–Crippen MR) is 108 cm³/mol. The van der Waals surface area contributed by atoms with Crippen LogP contribution in [0.3, 0.4) is 0 Å². The standard InChI is InChI=1S/C21H30F3N3O3/c1-20(2,3)30-19(28)27-13-17(18(14-27)26-10-5-4-6-11-26)25-15-8-7-9-16(12-15)29-21(22,23)24/h7-9,12,17-18,25H,4-6,10-11,13-14H2,1-3H3/t17-,18?/m0/s1. The number of anilines is 1. The normalized spacial score (nSPS) is 23.3. The zero-order chi connectivity index (χ0) is 21.9. The number of benzene rings is 1. The van der Waals surface area contributed by atoms with Crippen molar-refractivity contribution < 1.29 is 27.4 Å². The fourth-order valence-electron chi connectivity index (χ4n) is 4.02. The molecule has 2 aliphatic heterocycles. The topological polar surface area (TPSA) is 54.0 Å². The average molecular weight is 429 g/mol. The van der Waals surface area contributed by atoms with Crippen LogP contribution in [-0.4, -0.2) is 66.1 Å². The molecule has 6 nitrogen and oxygen atoms in total. The second-order valence-electron chi connectivity index (χ2n) is 8.88.